The fourth-order valence-corrected chi connectivity index (χ4v) is 2.53. The molecule has 0 rings (SSSR count). The zero-order valence-corrected chi connectivity index (χ0v) is 13.6. The molecule has 0 aliphatic heterocycles. The molecule has 4 N–H and O–H groups in total. The Morgan fingerprint density at radius 1 is 1.35 bits per heavy atom. The van der Waals surface area contributed by atoms with E-state index in [1.165, 1.54) is 0 Å². The average Bonchev–Trinajstić information content (AvgIpc) is 2.32. The number of hydrogen-bond donors (Lipinski definition) is 3. The van der Waals surface area contributed by atoms with Gasteiger partial charge in [0.05, 0.1) is 5.60 Å². The van der Waals surface area contributed by atoms with Crippen LogP contribution in [0.3, 0.4) is 0 Å². The Hall–Kier alpha value is -0.650. The Balaban J connectivity index is 3.98. The summed E-state index contributed by atoms with van der Waals surface area (Å²) in [7, 11) is 3.80. The molecule has 0 saturated carbocycles. The SMILES string of the molecule is CCCC(CCN)CCC(=O)NCC(C)(O)CN(C)C. The first-order valence-corrected chi connectivity index (χ1v) is 7.64. The summed E-state index contributed by atoms with van der Waals surface area (Å²) in [6, 6.07) is 0. The highest BCUT2D eigenvalue weighted by Crippen LogP contribution is 2.16. The molecular weight excluding hydrogens is 254 g/mol. The number of hydrogen-bond acceptors (Lipinski definition) is 4. The number of amides is 1. The summed E-state index contributed by atoms with van der Waals surface area (Å²) in [6.07, 6.45) is 4.64. The molecule has 0 heterocycles. The van der Waals surface area contributed by atoms with Gasteiger partial charge in [-0.2, -0.15) is 0 Å². The molecule has 0 spiro atoms. The van der Waals surface area contributed by atoms with Gasteiger partial charge in [0.1, 0.15) is 0 Å². The van der Waals surface area contributed by atoms with Crippen molar-refractivity contribution in [1.82, 2.24) is 10.2 Å². The van der Waals surface area contributed by atoms with Crippen molar-refractivity contribution in [1.29, 1.82) is 0 Å². The van der Waals surface area contributed by atoms with Gasteiger partial charge >= 0.3 is 0 Å². The molecular formula is C15H33N3O2. The molecule has 0 aromatic rings. The van der Waals surface area contributed by atoms with Crippen LogP contribution < -0.4 is 11.1 Å². The van der Waals surface area contributed by atoms with E-state index in [1.54, 1.807) is 6.92 Å². The number of nitrogens with zero attached hydrogens (tertiary/aromatic N) is 1. The van der Waals surface area contributed by atoms with Gasteiger partial charge in [-0.15, -0.1) is 0 Å². The molecule has 2 atom stereocenters. The second-order valence-corrected chi connectivity index (χ2v) is 6.28. The molecule has 0 aliphatic rings. The molecule has 5 nitrogen and oxygen atoms in total. The standard InChI is InChI=1S/C15H33N3O2/c1-5-6-13(9-10-16)7-8-14(19)17-11-15(2,20)12-18(3)4/h13,20H,5-12,16H2,1-4H3,(H,17,19). The van der Waals surface area contributed by atoms with Crippen LogP contribution in [-0.4, -0.2) is 55.2 Å². The van der Waals surface area contributed by atoms with E-state index in [9.17, 15) is 9.90 Å². The molecule has 0 radical (unpaired) electrons. The van der Waals surface area contributed by atoms with Crippen molar-refractivity contribution in [2.75, 3.05) is 33.7 Å². The smallest absolute Gasteiger partial charge is 0.220 e. The molecule has 0 aliphatic carbocycles. The summed E-state index contributed by atoms with van der Waals surface area (Å²) >= 11 is 0. The molecule has 0 saturated heterocycles. The minimum absolute atomic E-state index is 0.0159. The van der Waals surface area contributed by atoms with Gasteiger partial charge in [-0.1, -0.05) is 19.8 Å². The lowest BCUT2D eigenvalue weighted by Crippen LogP contribution is -2.47. The zero-order chi connectivity index (χ0) is 15.6. The summed E-state index contributed by atoms with van der Waals surface area (Å²) in [5.41, 5.74) is 4.70. The Morgan fingerprint density at radius 2 is 2.00 bits per heavy atom. The van der Waals surface area contributed by atoms with Gasteiger partial charge in [-0.25, -0.2) is 0 Å². The quantitative estimate of drug-likeness (QED) is 0.529. The first-order chi connectivity index (χ1) is 9.30. The first-order valence-electron chi connectivity index (χ1n) is 7.64. The van der Waals surface area contributed by atoms with Gasteiger partial charge in [0.25, 0.3) is 0 Å². The van der Waals surface area contributed by atoms with Gasteiger partial charge in [0.2, 0.25) is 5.91 Å². The van der Waals surface area contributed by atoms with E-state index >= 15 is 0 Å². The van der Waals surface area contributed by atoms with Crippen LogP contribution in [-0.2, 0) is 4.79 Å². The molecule has 20 heavy (non-hydrogen) atoms. The molecule has 0 fully saturated rings. The number of nitrogens with one attached hydrogen (secondary N) is 1. The number of aliphatic hydroxyl groups is 1. The van der Waals surface area contributed by atoms with Crippen LogP contribution >= 0.6 is 0 Å². The van der Waals surface area contributed by atoms with E-state index in [4.69, 9.17) is 5.73 Å². The molecule has 2 unspecified atom stereocenters. The van der Waals surface area contributed by atoms with E-state index in [0.717, 1.165) is 25.7 Å². The van der Waals surface area contributed by atoms with Crippen molar-refractivity contribution in [2.45, 2.75) is 51.6 Å². The molecule has 0 aromatic carbocycles. The van der Waals surface area contributed by atoms with Gasteiger partial charge in [-0.05, 0) is 46.3 Å². The zero-order valence-electron chi connectivity index (χ0n) is 13.6. The van der Waals surface area contributed by atoms with Gasteiger partial charge in [0, 0.05) is 19.5 Å². The summed E-state index contributed by atoms with van der Waals surface area (Å²) in [5.74, 6) is 0.556. The molecule has 0 aromatic heterocycles. The normalized spacial score (nSPS) is 15.9. The summed E-state index contributed by atoms with van der Waals surface area (Å²) in [4.78, 5) is 13.7. The van der Waals surface area contributed by atoms with Crippen molar-refractivity contribution < 1.29 is 9.90 Å². The van der Waals surface area contributed by atoms with Crippen LogP contribution in [0.25, 0.3) is 0 Å². The van der Waals surface area contributed by atoms with Crippen molar-refractivity contribution in [2.24, 2.45) is 11.7 Å². The number of carbonyl (C=O) groups is 1. The van der Waals surface area contributed by atoms with Gasteiger partial charge in [-0.3, -0.25) is 4.79 Å². The third-order valence-corrected chi connectivity index (χ3v) is 3.37. The van der Waals surface area contributed by atoms with Crippen LogP contribution in [0.15, 0.2) is 0 Å². The highest BCUT2D eigenvalue weighted by molar-refractivity contribution is 5.75. The summed E-state index contributed by atoms with van der Waals surface area (Å²) in [6.45, 7) is 5.39. The van der Waals surface area contributed by atoms with Crippen LogP contribution in [0, 0.1) is 5.92 Å². The van der Waals surface area contributed by atoms with Crippen molar-refractivity contribution >= 4 is 5.91 Å². The van der Waals surface area contributed by atoms with Crippen LogP contribution in [0.5, 0.6) is 0 Å². The predicted molar refractivity (Wildman–Crippen MR) is 83.5 cm³/mol. The highest BCUT2D eigenvalue weighted by Gasteiger charge is 2.22. The largest absolute Gasteiger partial charge is 0.387 e. The molecule has 5 heteroatoms. The summed E-state index contributed by atoms with van der Waals surface area (Å²) < 4.78 is 0. The van der Waals surface area contributed by atoms with E-state index in [2.05, 4.69) is 12.2 Å². The first kappa shape index (κ1) is 19.4. The summed E-state index contributed by atoms with van der Waals surface area (Å²) in [5, 5.41) is 12.9. The van der Waals surface area contributed by atoms with E-state index in [0.29, 0.717) is 32.0 Å². The predicted octanol–water partition coefficient (Wildman–Crippen LogP) is 0.961. The molecule has 0 bridgehead atoms. The Labute approximate surface area is 123 Å². The number of nitrogens with two attached hydrogens (primary N) is 1. The van der Waals surface area contributed by atoms with Gasteiger partial charge in [0.15, 0.2) is 0 Å². The third kappa shape index (κ3) is 10.2. The maximum atomic E-state index is 11.8. The Bertz CT molecular complexity index is 262. The maximum Gasteiger partial charge on any atom is 0.220 e. The fourth-order valence-electron chi connectivity index (χ4n) is 2.53. The monoisotopic (exact) mass is 287 g/mol. The van der Waals surface area contributed by atoms with Crippen molar-refractivity contribution in [3.63, 3.8) is 0 Å². The van der Waals surface area contributed by atoms with Crippen molar-refractivity contribution in [3.8, 4) is 0 Å². The second-order valence-electron chi connectivity index (χ2n) is 6.28. The minimum atomic E-state index is -0.890. The Morgan fingerprint density at radius 3 is 2.50 bits per heavy atom. The average molecular weight is 287 g/mol. The molecule has 1 amide bonds. The second kappa shape index (κ2) is 10.1. The lowest BCUT2D eigenvalue weighted by molar-refractivity contribution is -0.122. The van der Waals surface area contributed by atoms with Crippen LogP contribution in [0.2, 0.25) is 0 Å². The topological polar surface area (TPSA) is 78.6 Å². The van der Waals surface area contributed by atoms with Crippen LogP contribution in [0.4, 0.5) is 0 Å². The fraction of sp³-hybridized carbons (Fsp3) is 0.933. The lowest BCUT2D eigenvalue weighted by atomic mass is 9.94. The number of rotatable bonds is 11. The van der Waals surface area contributed by atoms with Crippen LogP contribution in [0.1, 0.15) is 46.0 Å². The lowest BCUT2D eigenvalue weighted by Gasteiger charge is -2.27. The minimum Gasteiger partial charge on any atom is -0.387 e. The van der Waals surface area contributed by atoms with E-state index < -0.39 is 5.60 Å². The third-order valence-electron chi connectivity index (χ3n) is 3.37. The Kier molecular flexibility index (Phi) is 9.80. The van der Waals surface area contributed by atoms with E-state index in [-0.39, 0.29) is 5.91 Å². The molecule has 120 valence electrons. The van der Waals surface area contributed by atoms with E-state index in [1.807, 2.05) is 19.0 Å². The number of likely N-dealkylation sites (N-methyl/N-ethyl adjacent to an activating group) is 1. The maximum absolute atomic E-state index is 11.8. The van der Waals surface area contributed by atoms with Gasteiger partial charge < -0.3 is 21.1 Å². The van der Waals surface area contributed by atoms with Crippen molar-refractivity contribution in [3.05, 3.63) is 0 Å². The number of carbonyl (C=O) groups excluding carboxylic acids is 1. The highest BCUT2D eigenvalue weighted by atomic mass is 16.3.